The van der Waals surface area contributed by atoms with E-state index in [0.29, 0.717) is 0 Å². The summed E-state index contributed by atoms with van der Waals surface area (Å²) < 4.78 is 31.3. The average molecular weight is 429 g/mol. The summed E-state index contributed by atoms with van der Waals surface area (Å²) in [6.07, 6.45) is 1.59. The van der Waals surface area contributed by atoms with E-state index >= 15 is 0 Å². The summed E-state index contributed by atoms with van der Waals surface area (Å²) in [4.78, 5) is 12.5. The Kier molecular flexibility index (Phi) is 6.12. The standard InChI is InChI=1S/C21H23N3O5S/c1-4-30(27,28)16-6-7-19(25)18(12-16)22-21(26)17-9-10-24(23-17)13-29-20-8-5-14(2)11-15(20)3/h5-12,25H,4,13H2,1-3H3,(H,22,26). The van der Waals surface area contributed by atoms with Crippen molar-refractivity contribution in [1.29, 1.82) is 0 Å². The minimum Gasteiger partial charge on any atom is -0.506 e. The summed E-state index contributed by atoms with van der Waals surface area (Å²) in [7, 11) is -3.47. The third kappa shape index (κ3) is 4.80. The van der Waals surface area contributed by atoms with Gasteiger partial charge in [-0.2, -0.15) is 5.10 Å². The number of carbonyl (C=O) groups excluding carboxylic acids is 1. The molecule has 0 aliphatic heterocycles. The lowest BCUT2D eigenvalue weighted by molar-refractivity contribution is 0.101. The zero-order chi connectivity index (χ0) is 21.9. The monoisotopic (exact) mass is 429 g/mol. The average Bonchev–Trinajstić information content (AvgIpc) is 3.18. The smallest absolute Gasteiger partial charge is 0.276 e. The molecule has 9 heteroatoms. The second-order valence-corrected chi connectivity index (χ2v) is 9.10. The van der Waals surface area contributed by atoms with E-state index in [-0.39, 0.29) is 34.5 Å². The molecule has 0 atom stereocenters. The third-order valence-electron chi connectivity index (χ3n) is 4.51. The third-order valence-corrected chi connectivity index (χ3v) is 6.24. The predicted molar refractivity (Wildman–Crippen MR) is 113 cm³/mol. The lowest BCUT2D eigenvalue weighted by Crippen LogP contribution is -2.15. The second kappa shape index (κ2) is 8.58. The molecule has 2 N–H and O–H groups in total. The van der Waals surface area contributed by atoms with Crippen LogP contribution in [0.1, 0.15) is 28.5 Å². The van der Waals surface area contributed by atoms with Crippen molar-refractivity contribution in [1.82, 2.24) is 9.78 Å². The van der Waals surface area contributed by atoms with Crippen molar-refractivity contribution in [3.63, 3.8) is 0 Å². The van der Waals surface area contributed by atoms with Crippen LogP contribution in [0.3, 0.4) is 0 Å². The van der Waals surface area contributed by atoms with Gasteiger partial charge in [-0.05, 0) is 49.7 Å². The van der Waals surface area contributed by atoms with Gasteiger partial charge in [0, 0.05) is 6.20 Å². The highest BCUT2D eigenvalue weighted by atomic mass is 32.2. The van der Waals surface area contributed by atoms with E-state index in [0.717, 1.165) is 16.9 Å². The lowest BCUT2D eigenvalue weighted by Gasteiger charge is -2.10. The van der Waals surface area contributed by atoms with Crippen molar-refractivity contribution in [3.8, 4) is 11.5 Å². The van der Waals surface area contributed by atoms with E-state index in [1.165, 1.54) is 35.9 Å². The van der Waals surface area contributed by atoms with Crippen LogP contribution in [0.4, 0.5) is 5.69 Å². The number of benzene rings is 2. The second-order valence-electron chi connectivity index (χ2n) is 6.82. The highest BCUT2D eigenvalue weighted by Crippen LogP contribution is 2.27. The molecule has 0 unspecified atom stereocenters. The fourth-order valence-corrected chi connectivity index (χ4v) is 3.72. The number of anilines is 1. The molecule has 158 valence electrons. The SMILES string of the molecule is CCS(=O)(=O)c1ccc(O)c(NC(=O)c2ccn(COc3ccc(C)cc3C)n2)c1. The molecule has 30 heavy (non-hydrogen) atoms. The molecule has 0 bridgehead atoms. The van der Waals surface area contributed by atoms with Gasteiger partial charge in [0.25, 0.3) is 5.91 Å². The Morgan fingerprint density at radius 2 is 1.93 bits per heavy atom. The van der Waals surface area contributed by atoms with Gasteiger partial charge in [0.2, 0.25) is 0 Å². The van der Waals surface area contributed by atoms with E-state index in [9.17, 15) is 18.3 Å². The zero-order valence-electron chi connectivity index (χ0n) is 16.9. The number of ether oxygens (including phenoxy) is 1. The summed E-state index contributed by atoms with van der Waals surface area (Å²) in [5.74, 6) is -0.186. The number of aryl methyl sites for hydroxylation is 2. The first kappa shape index (κ1) is 21.4. The first-order valence-corrected chi connectivity index (χ1v) is 11.0. The first-order valence-electron chi connectivity index (χ1n) is 9.30. The van der Waals surface area contributed by atoms with Gasteiger partial charge in [-0.25, -0.2) is 13.1 Å². The van der Waals surface area contributed by atoms with Crippen molar-refractivity contribution in [3.05, 3.63) is 65.5 Å². The van der Waals surface area contributed by atoms with E-state index in [1.807, 2.05) is 32.0 Å². The fraction of sp³-hybridized carbons (Fsp3) is 0.238. The van der Waals surface area contributed by atoms with Crippen LogP contribution in [-0.4, -0.2) is 35.0 Å². The van der Waals surface area contributed by atoms with Crippen molar-refractivity contribution in [2.45, 2.75) is 32.4 Å². The Bertz CT molecular complexity index is 1190. The molecule has 1 aromatic heterocycles. The maximum absolute atomic E-state index is 12.5. The number of phenolic OH excluding ortho intramolecular Hbond substituents is 1. The Balaban J connectivity index is 1.70. The number of amides is 1. The number of aromatic nitrogens is 2. The van der Waals surface area contributed by atoms with Crippen LogP contribution in [0.5, 0.6) is 11.5 Å². The number of aromatic hydroxyl groups is 1. The van der Waals surface area contributed by atoms with Gasteiger partial charge < -0.3 is 15.2 Å². The number of nitrogens with one attached hydrogen (secondary N) is 1. The molecule has 0 aliphatic rings. The Labute approximate surface area is 175 Å². The molecule has 0 saturated carbocycles. The summed E-state index contributed by atoms with van der Waals surface area (Å²) in [6, 6.07) is 11.1. The van der Waals surface area contributed by atoms with Gasteiger partial charge >= 0.3 is 0 Å². The quantitative estimate of drug-likeness (QED) is 0.558. The van der Waals surface area contributed by atoms with Gasteiger partial charge in [-0.3, -0.25) is 4.79 Å². The van der Waals surface area contributed by atoms with E-state index < -0.39 is 15.7 Å². The molecule has 0 aliphatic carbocycles. The van der Waals surface area contributed by atoms with Crippen LogP contribution in [0, 0.1) is 13.8 Å². The topological polar surface area (TPSA) is 111 Å². The number of carbonyl (C=O) groups is 1. The minimum absolute atomic E-state index is 0.00407. The van der Waals surface area contributed by atoms with E-state index in [1.54, 1.807) is 6.20 Å². The van der Waals surface area contributed by atoms with Gasteiger partial charge in [-0.15, -0.1) is 0 Å². The fourth-order valence-electron chi connectivity index (χ4n) is 2.81. The number of sulfone groups is 1. The summed E-state index contributed by atoms with van der Waals surface area (Å²) in [6.45, 7) is 5.59. The number of rotatable bonds is 7. The Morgan fingerprint density at radius 1 is 1.17 bits per heavy atom. The summed E-state index contributed by atoms with van der Waals surface area (Å²) >= 11 is 0. The molecular weight excluding hydrogens is 406 g/mol. The number of hydrogen-bond acceptors (Lipinski definition) is 6. The van der Waals surface area contributed by atoms with E-state index in [4.69, 9.17) is 4.74 Å². The molecule has 2 aromatic carbocycles. The zero-order valence-corrected chi connectivity index (χ0v) is 17.7. The highest BCUT2D eigenvalue weighted by Gasteiger charge is 2.17. The predicted octanol–water partition coefficient (Wildman–Crippen LogP) is 3.29. The number of phenols is 1. The normalized spacial score (nSPS) is 11.3. The maximum atomic E-state index is 12.5. The molecule has 0 radical (unpaired) electrons. The molecule has 3 aromatic rings. The number of hydrogen-bond donors (Lipinski definition) is 2. The Hall–Kier alpha value is -3.33. The van der Waals surface area contributed by atoms with Crippen LogP contribution in [0.15, 0.2) is 53.6 Å². The largest absolute Gasteiger partial charge is 0.506 e. The van der Waals surface area contributed by atoms with Crippen LogP contribution < -0.4 is 10.1 Å². The lowest BCUT2D eigenvalue weighted by atomic mass is 10.1. The molecule has 8 nitrogen and oxygen atoms in total. The molecule has 0 saturated heterocycles. The van der Waals surface area contributed by atoms with Crippen molar-refractivity contribution < 1.29 is 23.1 Å². The molecule has 0 spiro atoms. The van der Waals surface area contributed by atoms with Gasteiger partial charge in [0.05, 0.1) is 16.3 Å². The summed E-state index contributed by atoms with van der Waals surface area (Å²) in [5, 5.41) is 16.6. The van der Waals surface area contributed by atoms with Crippen LogP contribution >= 0.6 is 0 Å². The molecule has 1 heterocycles. The highest BCUT2D eigenvalue weighted by molar-refractivity contribution is 7.91. The number of nitrogens with zero attached hydrogens (tertiary/aromatic N) is 2. The van der Waals surface area contributed by atoms with Crippen LogP contribution in [-0.2, 0) is 16.6 Å². The molecule has 1 amide bonds. The molecular formula is C21H23N3O5S. The maximum Gasteiger partial charge on any atom is 0.276 e. The van der Waals surface area contributed by atoms with Crippen molar-refractivity contribution in [2.75, 3.05) is 11.1 Å². The van der Waals surface area contributed by atoms with Crippen molar-refractivity contribution >= 4 is 21.4 Å². The molecule has 3 rings (SSSR count). The van der Waals surface area contributed by atoms with Crippen molar-refractivity contribution in [2.24, 2.45) is 0 Å². The van der Waals surface area contributed by atoms with Crippen LogP contribution in [0.25, 0.3) is 0 Å². The minimum atomic E-state index is -3.47. The Morgan fingerprint density at radius 3 is 2.63 bits per heavy atom. The van der Waals surface area contributed by atoms with E-state index in [2.05, 4.69) is 10.4 Å². The van der Waals surface area contributed by atoms with Gasteiger partial charge in [0.1, 0.15) is 11.5 Å². The first-order chi connectivity index (χ1) is 14.2. The van der Waals surface area contributed by atoms with Gasteiger partial charge in [-0.1, -0.05) is 24.6 Å². The molecule has 0 fully saturated rings. The van der Waals surface area contributed by atoms with Crippen LogP contribution in [0.2, 0.25) is 0 Å². The summed E-state index contributed by atoms with van der Waals surface area (Å²) in [5.41, 5.74) is 2.23. The van der Waals surface area contributed by atoms with Gasteiger partial charge in [0.15, 0.2) is 22.3 Å².